The lowest BCUT2D eigenvalue weighted by Gasteiger charge is -2.35. The van der Waals surface area contributed by atoms with Crippen molar-refractivity contribution >= 4 is 27.3 Å². The van der Waals surface area contributed by atoms with E-state index in [2.05, 4.69) is 15.0 Å². The van der Waals surface area contributed by atoms with Gasteiger partial charge >= 0.3 is 0 Å². The summed E-state index contributed by atoms with van der Waals surface area (Å²) < 4.78 is 28.7. The highest BCUT2D eigenvalue weighted by atomic mass is 32.2. The van der Waals surface area contributed by atoms with E-state index in [4.69, 9.17) is 0 Å². The normalized spacial score (nSPS) is 18.7. The van der Waals surface area contributed by atoms with E-state index in [1.165, 1.54) is 6.07 Å². The van der Waals surface area contributed by atoms with Crippen LogP contribution < -0.4 is 10.0 Å². The molecule has 0 saturated carbocycles. The van der Waals surface area contributed by atoms with Gasteiger partial charge in [-0.2, -0.15) is 0 Å². The van der Waals surface area contributed by atoms with Crippen LogP contribution in [0.1, 0.15) is 11.9 Å². The molecule has 130 valence electrons. The van der Waals surface area contributed by atoms with Crippen LogP contribution in [-0.4, -0.2) is 55.0 Å². The Bertz CT molecular complexity index is 800. The van der Waals surface area contributed by atoms with Crippen LogP contribution in [0.3, 0.4) is 0 Å². The smallest absolute Gasteiger partial charge is 0.250 e. The zero-order valence-corrected chi connectivity index (χ0v) is 14.8. The number of aromatic nitrogens is 2. The van der Waals surface area contributed by atoms with Crippen molar-refractivity contribution in [1.29, 1.82) is 0 Å². The molecule has 0 aromatic carbocycles. The Balaban J connectivity index is 1.70. The molecule has 24 heavy (non-hydrogen) atoms. The van der Waals surface area contributed by atoms with E-state index in [0.29, 0.717) is 19.6 Å². The number of imidazole rings is 1. The summed E-state index contributed by atoms with van der Waals surface area (Å²) in [7, 11) is -1.77. The van der Waals surface area contributed by atoms with Crippen molar-refractivity contribution in [2.75, 3.05) is 26.2 Å². The second kappa shape index (κ2) is 7.01. The molecule has 1 fully saturated rings. The van der Waals surface area contributed by atoms with E-state index in [-0.39, 0.29) is 22.7 Å². The van der Waals surface area contributed by atoms with Crippen LogP contribution in [-0.2, 0) is 21.9 Å². The van der Waals surface area contributed by atoms with Crippen LogP contribution in [0.15, 0.2) is 34.1 Å². The number of sulfonamides is 1. The summed E-state index contributed by atoms with van der Waals surface area (Å²) in [6, 6.07) is 2.96. The molecule has 3 rings (SSSR count). The van der Waals surface area contributed by atoms with Crippen LogP contribution in [0.4, 0.5) is 0 Å². The van der Waals surface area contributed by atoms with Crippen molar-refractivity contribution < 1.29 is 13.2 Å². The van der Waals surface area contributed by atoms with E-state index in [1.807, 2.05) is 17.8 Å². The molecular weight excluding hydrogens is 350 g/mol. The summed E-state index contributed by atoms with van der Waals surface area (Å²) >= 11 is 1.12. The second-order valence-electron chi connectivity index (χ2n) is 5.46. The van der Waals surface area contributed by atoms with Crippen LogP contribution >= 0.6 is 11.3 Å². The summed E-state index contributed by atoms with van der Waals surface area (Å²) in [5, 5.41) is 4.93. The van der Waals surface area contributed by atoms with E-state index in [9.17, 15) is 13.2 Å². The quantitative estimate of drug-likeness (QED) is 0.769. The molecule has 0 spiro atoms. The fourth-order valence-electron chi connectivity index (χ4n) is 2.68. The third kappa shape index (κ3) is 3.51. The summed E-state index contributed by atoms with van der Waals surface area (Å²) in [5.41, 5.74) is 0. The van der Waals surface area contributed by atoms with Crippen molar-refractivity contribution in [3.63, 3.8) is 0 Å². The molecule has 0 aliphatic carbocycles. The average Bonchev–Trinajstić information content (AvgIpc) is 3.24. The van der Waals surface area contributed by atoms with Gasteiger partial charge in [0.25, 0.3) is 10.0 Å². The van der Waals surface area contributed by atoms with Gasteiger partial charge in [0.05, 0.1) is 6.54 Å². The molecule has 1 aliphatic heterocycles. The van der Waals surface area contributed by atoms with Crippen molar-refractivity contribution in [1.82, 2.24) is 24.5 Å². The summed E-state index contributed by atoms with van der Waals surface area (Å²) in [6.07, 6.45) is 3.51. The molecule has 3 heterocycles. The zero-order valence-electron chi connectivity index (χ0n) is 13.2. The maximum atomic E-state index is 12.6. The topological polar surface area (TPSA) is 96.3 Å². The second-order valence-corrected chi connectivity index (χ2v) is 8.40. The molecule has 1 amide bonds. The molecule has 10 heteroatoms. The first kappa shape index (κ1) is 17.1. The Morgan fingerprint density at radius 2 is 2.38 bits per heavy atom. The highest BCUT2D eigenvalue weighted by molar-refractivity contribution is 7.91. The van der Waals surface area contributed by atoms with Crippen molar-refractivity contribution in [3.05, 3.63) is 35.7 Å². The third-order valence-electron chi connectivity index (χ3n) is 3.89. The van der Waals surface area contributed by atoms with Gasteiger partial charge in [0.1, 0.15) is 16.1 Å². The Morgan fingerprint density at radius 1 is 1.54 bits per heavy atom. The number of amides is 1. The fourth-order valence-corrected chi connectivity index (χ4v) is 4.69. The van der Waals surface area contributed by atoms with Gasteiger partial charge in [0, 0.05) is 39.1 Å². The van der Waals surface area contributed by atoms with Crippen LogP contribution in [0, 0.1) is 0 Å². The van der Waals surface area contributed by atoms with Gasteiger partial charge in [-0.15, -0.1) is 11.3 Å². The molecule has 8 nitrogen and oxygen atoms in total. The monoisotopic (exact) mass is 369 g/mol. The molecule has 1 atom stereocenters. The zero-order chi connectivity index (χ0) is 17.2. The molecule has 0 bridgehead atoms. The number of hydrogen-bond donors (Lipinski definition) is 2. The first-order valence-corrected chi connectivity index (χ1v) is 9.86. The van der Waals surface area contributed by atoms with E-state index < -0.39 is 10.0 Å². The molecule has 2 aromatic rings. The predicted molar refractivity (Wildman–Crippen MR) is 90.0 cm³/mol. The van der Waals surface area contributed by atoms with Crippen LogP contribution in [0.5, 0.6) is 0 Å². The lowest BCUT2D eigenvalue weighted by Crippen LogP contribution is -2.52. The average molecular weight is 369 g/mol. The number of nitrogens with zero attached hydrogens (tertiary/aromatic N) is 3. The minimum absolute atomic E-state index is 0.205. The number of piperazine rings is 1. The highest BCUT2D eigenvalue weighted by Gasteiger charge is 2.31. The van der Waals surface area contributed by atoms with Gasteiger partial charge in [-0.05, 0) is 11.4 Å². The number of aryl methyl sites for hydroxylation is 1. The number of carbonyl (C=O) groups is 1. The van der Waals surface area contributed by atoms with Gasteiger partial charge in [-0.3, -0.25) is 4.79 Å². The SMILES string of the molecule is Cn1ccnc1C1CNCCN1C(=O)CNS(=O)(=O)c1cccs1. The van der Waals surface area contributed by atoms with Crippen molar-refractivity contribution in [2.45, 2.75) is 10.3 Å². The number of carbonyl (C=O) groups excluding carboxylic acids is 1. The van der Waals surface area contributed by atoms with Crippen molar-refractivity contribution in [2.24, 2.45) is 7.05 Å². The summed E-state index contributed by atoms with van der Waals surface area (Å²) in [4.78, 5) is 18.6. The molecule has 1 aliphatic rings. The maximum absolute atomic E-state index is 12.6. The molecular formula is C14H19N5O3S2. The van der Waals surface area contributed by atoms with Gasteiger partial charge in [-0.25, -0.2) is 18.1 Å². The molecule has 1 unspecified atom stereocenters. The largest absolute Gasteiger partial charge is 0.336 e. The highest BCUT2D eigenvalue weighted by Crippen LogP contribution is 2.20. The lowest BCUT2D eigenvalue weighted by molar-refractivity contribution is -0.133. The van der Waals surface area contributed by atoms with Gasteiger partial charge < -0.3 is 14.8 Å². The Kier molecular flexibility index (Phi) is 4.99. The van der Waals surface area contributed by atoms with E-state index in [0.717, 1.165) is 17.2 Å². The Labute approximate surface area is 144 Å². The molecule has 2 N–H and O–H groups in total. The number of hydrogen-bond acceptors (Lipinski definition) is 6. The van der Waals surface area contributed by atoms with Gasteiger partial charge in [0.15, 0.2) is 0 Å². The maximum Gasteiger partial charge on any atom is 0.250 e. The number of nitrogens with one attached hydrogen (secondary N) is 2. The summed E-state index contributed by atoms with van der Waals surface area (Å²) in [5.74, 6) is 0.515. The van der Waals surface area contributed by atoms with E-state index >= 15 is 0 Å². The standard InChI is InChI=1S/C14H19N5O3S2/c1-18-6-5-16-14(18)11-9-15-4-7-19(11)12(20)10-17-24(21,22)13-3-2-8-23-13/h2-3,5-6,8,11,15,17H,4,7,9-10H2,1H3. The van der Waals surface area contributed by atoms with Crippen LogP contribution in [0.25, 0.3) is 0 Å². The number of rotatable bonds is 5. The van der Waals surface area contributed by atoms with Gasteiger partial charge in [-0.1, -0.05) is 6.07 Å². The molecule has 1 saturated heterocycles. The lowest BCUT2D eigenvalue weighted by atomic mass is 10.1. The summed E-state index contributed by atoms with van der Waals surface area (Å²) in [6.45, 7) is 1.51. The first-order chi connectivity index (χ1) is 11.5. The fraction of sp³-hybridized carbons (Fsp3) is 0.429. The molecule has 2 aromatic heterocycles. The van der Waals surface area contributed by atoms with E-state index in [1.54, 1.807) is 22.5 Å². The third-order valence-corrected chi connectivity index (χ3v) is 6.69. The Morgan fingerprint density at radius 3 is 3.04 bits per heavy atom. The van der Waals surface area contributed by atoms with Gasteiger partial charge in [0.2, 0.25) is 5.91 Å². The first-order valence-electron chi connectivity index (χ1n) is 7.49. The number of thiophene rings is 1. The Hall–Kier alpha value is -1.75. The predicted octanol–water partition coefficient (Wildman–Crippen LogP) is -0.0670. The van der Waals surface area contributed by atoms with Crippen molar-refractivity contribution in [3.8, 4) is 0 Å². The minimum atomic E-state index is -3.65. The van der Waals surface area contributed by atoms with Crippen LogP contribution in [0.2, 0.25) is 0 Å². The minimum Gasteiger partial charge on any atom is -0.336 e. The molecule has 0 radical (unpaired) electrons.